The van der Waals surface area contributed by atoms with E-state index in [1.807, 2.05) is 37.1 Å². The second-order valence-corrected chi connectivity index (χ2v) is 4.72. The normalized spacial score (nSPS) is 10.7. The van der Waals surface area contributed by atoms with E-state index in [0.717, 1.165) is 16.6 Å². The summed E-state index contributed by atoms with van der Waals surface area (Å²) in [5, 5.41) is 9.69. The number of benzene rings is 1. The Bertz CT molecular complexity index is 691. The van der Waals surface area contributed by atoms with Gasteiger partial charge in [-0.05, 0) is 31.2 Å². The third-order valence-corrected chi connectivity index (χ3v) is 3.39. The van der Waals surface area contributed by atoms with Crippen molar-refractivity contribution in [1.29, 1.82) is 0 Å². The molecule has 0 fully saturated rings. The molecule has 0 saturated carbocycles. The SMILES string of the molecule is CCn1c(=O)ccc2cc(N(C)CCC(=O)O)ccc21. The third kappa shape index (κ3) is 2.82. The van der Waals surface area contributed by atoms with Crippen LogP contribution in [-0.4, -0.2) is 29.2 Å². The van der Waals surface area contributed by atoms with Gasteiger partial charge in [0.05, 0.1) is 11.9 Å². The standard InChI is InChI=1S/C15H18N2O3/c1-3-17-13-6-5-12(16(2)9-8-15(19)20)10-11(13)4-7-14(17)18/h4-7,10H,3,8-9H2,1-2H3,(H,19,20). The van der Waals surface area contributed by atoms with Crippen molar-refractivity contribution in [1.82, 2.24) is 4.57 Å². The van der Waals surface area contributed by atoms with Gasteiger partial charge in [-0.1, -0.05) is 0 Å². The summed E-state index contributed by atoms with van der Waals surface area (Å²) in [6.07, 6.45) is 0.100. The molecule has 0 unspecified atom stereocenters. The fourth-order valence-corrected chi connectivity index (χ4v) is 2.25. The average molecular weight is 274 g/mol. The van der Waals surface area contributed by atoms with Gasteiger partial charge in [-0.25, -0.2) is 0 Å². The maximum absolute atomic E-state index is 11.7. The number of pyridine rings is 1. The maximum atomic E-state index is 11.7. The lowest BCUT2D eigenvalue weighted by Gasteiger charge is -2.19. The Morgan fingerprint density at radius 3 is 2.70 bits per heavy atom. The molecule has 0 aliphatic rings. The summed E-state index contributed by atoms with van der Waals surface area (Å²) in [6.45, 7) is 3.02. The van der Waals surface area contributed by atoms with Crippen LogP contribution >= 0.6 is 0 Å². The first-order valence-electron chi connectivity index (χ1n) is 6.59. The number of aryl methyl sites for hydroxylation is 1. The molecule has 0 amide bonds. The molecule has 0 bridgehead atoms. The predicted octanol–water partition coefficient (Wildman–Crippen LogP) is 1.93. The summed E-state index contributed by atoms with van der Waals surface area (Å²) in [6, 6.07) is 9.16. The molecule has 106 valence electrons. The van der Waals surface area contributed by atoms with Crippen molar-refractivity contribution < 1.29 is 9.90 Å². The number of nitrogens with zero attached hydrogens (tertiary/aromatic N) is 2. The zero-order chi connectivity index (χ0) is 14.7. The number of aliphatic carboxylic acids is 1. The Kier molecular flexibility index (Phi) is 4.08. The van der Waals surface area contributed by atoms with E-state index in [1.165, 1.54) is 0 Å². The van der Waals surface area contributed by atoms with E-state index in [1.54, 1.807) is 16.7 Å². The molecule has 0 aliphatic heterocycles. The summed E-state index contributed by atoms with van der Waals surface area (Å²) in [5.41, 5.74) is 1.84. The van der Waals surface area contributed by atoms with Gasteiger partial charge >= 0.3 is 5.97 Å². The zero-order valence-electron chi connectivity index (χ0n) is 11.7. The summed E-state index contributed by atoms with van der Waals surface area (Å²) in [5.74, 6) is -0.808. The molecular weight excluding hydrogens is 256 g/mol. The van der Waals surface area contributed by atoms with Gasteiger partial charge < -0.3 is 14.6 Å². The van der Waals surface area contributed by atoms with Gasteiger partial charge in [0.1, 0.15) is 0 Å². The van der Waals surface area contributed by atoms with E-state index in [9.17, 15) is 9.59 Å². The number of anilines is 1. The number of hydrogen-bond acceptors (Lipinski definition) is 3. The Morgan fingerprint density at radius 1 is 1.30 bits per heavy atom. The lowest BCUT2D eigenvalue weighted by Crippen LogP contribution is -2.21. The number of carboxylic acid groups (broad SMARTS) is 1. The lowest BCUT2D eigenvalue weighted by molar-refractivity contribution is -0.136. The second kappa shape index (κ2) is 5.77. The van der Waals surface area contributed by atoms with Crippen LogP contribution in [0.25, 0.3) is 10.9 Å². The van der Waals surface area contributed by atoms with Gasteiger partial charge in [0.25, 0.3) is 5.56 Å². The molecule has 20 heavy (non-hydrogen) atoms. The van der Waals surface area contributed by atoms with Gasteiger partial charge in [0, 0.05) is 37.3 Å². The number of carboxylic acids is 1. The Hall–Kier alpha value is -2.30. The zero-order valence-corrected chi connectivity index (χ0v) is 11.7. The van der Waals surface area contributed by atoms with Crippen LogP contribution in [0.2, 0.25) is 0 Å². The van der Waals surface area contributed by atoms with E-state index < -0.39 is 5.97 Å². The fraction of sp³-hybridized carbons (Fsp3) is 0.333. The molecule has 0 radical (unpaired) electrons. The molecule has 1 aromatic heterocycles. The highest BCUT2D eigenvalue weighted by Gasteiger charge is 2.07. The largest absolute Gasteiger partial charge is 0.481 e. The molecule has 0 atom stereocenters. The van der Waals surface area contributed by atoms with Gasteiger partial charge in [0.2, 0.25) is 0 Å². The minimum atomic E-state index is -0.808. The molecule has 0 spiro atoms. The molecular formula is C15H18N2O3. The van der Waals surface area contributed by atoms with Crippen molar-refractivity contribution in [3.63, 3.8) is 0 Å². The van der Waals surface area contributed by atoms with E-state index in [4.69, 9.17) is 5.11 Å². The summed E-state index contributed by atoms with van der Waals surface area (Å²) in [7, 11) is 1.86. The maximum Gasteiger partial charge on any atom is 0.305 e. The van der Waals surface area contributed by atoms with Crippen molar-refractivity contribution in [2.45, 2.75) is 19.9 Å². The van der Waals surface area contributed by atoms with Crippen LogP contribution in [-0.2, 0) is 11.3 Å². The molecule has 0 aliphatic carbocycles. The quantitative estimate of drug-likeness (QED) is 0.905. The minimum absolute atomic E-state index is 0.00742. The van der Waals surface area contributed by atoms with Crippen LogP contribution < -0.4 is 10.5 Å². The first kappa shape index (κ1) is 14.1. The molecule has 5 nitrogen and oxygen atoms in total. The number of hydrogen-bond donors (Lipinski definition) is 1. The number of rotatable bonds is 5. The second-order valence-electron chi connectivity index (χ2n) is 4.72. The van der Waals surface area contributed by atoms with Crippen LogP contribution in [0.4, 0.5) is 5.69 Å². The van der Waals surface area contributed by atoms with Crippen molar-refractivity contribution in [2.24, 2.45) is 0 Å². The van der Waals surface area contributed by atoms with E-state index in [2.05, 4.69) is 0 Å². The first-order valence-corrected chi connectivity index (χ1v) is 6.59. The van der Waals surface area contributed by atoms with Crippen LogP contribution in [0.15, 0.2) is 35.1 Å². The highest BCUT2D eigenvalue weighted by Crippen LogP contribution is 2.20. The van der Waals surface area contributed by atoms with Crippen molar-refractivity contribution in [3.05, 3.63) is 40.7 Å². The van der Waals surface area contributed by atoms with Crippen LogP contribution in [0.3, 0.4) is 0 Å². The van der Waals surface area contributed by atoms with Gasteiger partial charge in [-0.15, -0.1) is 0 Å². The fourth-order valence-electron chi connectivity index (χ4n) is 2.25. The minimum Gasteiger partial charge on any atom is -0.481 e. The summed E-state index contributed by atoms with van der Waals surface area (Å²) >= 11 is 0. The third-order valence-electron chi connectivity index (χ3n) is 3.39. The molecule has 1 N–H and O–H groups in total. The molecule has 5 heteroatoms. The molecule has 0 saturated heterocycles. The number of aromatic nitrogens is 1. The van der Waals surface area contributed by atoms with Gasteiger partial charge in [-0.3, -0.25) is 9.59 Å². The van der Waals surface area contributed by atoms with Gasteiger partial charge in [-0.2, -0.15) is 0 Å². The van der Waals surface area contributed by atoms with Crippen LogP contribution in [0.5, 0.6) is 0 Å². The summed E-state index contributed by atoms with van der Waals surface area (Å²) in [4.78, 5) is 24.2. The Morgan fingerprint density at radius 2 is 2.05 bits per heavy atom. The van der Waals surface area contributed by atoms with E-state index in [-0.39, 0.29) is 12.0 Å². The van der Waals surface area contributed by atoms with Crippen molar-refractivity contribution >= 4 is 22.6 Å². The molecule has 1 aromatic carbocycles. The monoisotopic (exact) mass is 274 g/mol. The first-order chi connectivity index (χ1) is 9.52. The molecule has 1 heterocycles. The van der Waals surface area contributed by atoms with Crippen LogP contribution in [0, 0.1) is 0 Å². The van der Waals surface area contributed by atoms with Crippen LogP contribution in [0.1, 0.15) is 13.3 Å². The number of fused-ring (bicyclic) bond motifs is 1. The predicted molar refractivity (Wildman–Crippen MR) is 79.4 cm³/mol. The smallest absolute Gasteiger partial charge is 0.305 e. The topological polar surface area (TPSA) is 62.5 Å². The summed E-state index contributed by atoms with van der Waals surface area (Å²) < 4.78 is 1.72. The molecule has 2 rings (SSSR count). The Balaban J connectivity index is 2.37. The highest BCUT2D eigenvalue weighted by molar-refractivity contribution is 5.83. The Labute approximate surface area is 117 Å². The van der Waals surface area contributed by atoms with E-state index >= 15 is 0 Å². The lowest BCUT2D eigenvalue weighted by atomic mass is 10.1. The highest BCUT2D eigenvalue weighted by atomic mass is 16.4. The average Bonchev–Trinajstić information content (AvgIpc) is 2.44. The number of carbonyl (C=O) groups is 1. The molecule has 2 aromatic rings. The van der Waals surface area contributed by atoms with Crippen molar-refractivity contribution in [3.8, 4) is 0 Å². The van der Waals surface area contributed by atoms with E-state index in [0.29, 0.717) is 13.1 Å². The van der Waals surface area contributed by atoms with Gasteiger partial charge in [0.15, 0.2) is 0 Å². The van der Waals surface area contributed by atoms with Crippen molar-refractivity contribution in [2.75, 3.05) is 18.5 Å².